The van der Waals surface area contributed by atoms with Gasteiger partial charge in [0.25, 0.3) is 0 Å². The number of carbonyl (C=O) groups excluding carboxylic acids is 1. The summed E-state index contributed by atoms with van der Waals surface area (Å²) >= 11 is 5.03. The smallest absolute Gasteiger partial charge is 0.232 e. The van der Waals surface area contributed by atoms with E-state index < -0.39 is 0 Å². The molecule has 2 N–H and O–H groups in total. The molecule has 0 bridgehead atoms. The van der Waals surface area contributed by atoms with E-state index in [1.807, 2.05) is 18.7 Å². The van der Waals surface area contributed by atoms with Gasteiger partial charge >= 0.3 is 0 Å². The fourth-order valence-electron chi connectivity index (χ4n) is 2.03. The number of hydrogen-bond acceptors (Lipinski definition) is 2. The van der Waals surface area contributed by atoms with Gasteiger partial charge in [-0.3, -0.25) is 4.79 Å². The maximum Gasteiger partial charge on any atom is 0.232 e. The van der Waals surface area contributed by atoms with E-state index in [2.05, 4.69) is 13.8 Å². The van der Waals surface area contributed by atoms with Crippen molar-refractivity contribution in [1.82, 2.24) is 4.90 Å². The Balaban J connectivity index is 4.65. The predicted octanol–water partition coefficient (Wildman–Crippen LogP) is 3.12. The second-order valence-electron chi connectivity index (χ2n) is 5.08. The third kappa shape index (κ3) is 5.80. The van der Waals surface area contributed by atoms with Crippen LogP contribution in [0.25, 0.3) is 0 Å². The molecule has 0 aromatic rings. The third-order valence-electron chi connectivity index (χ3n) is 3.13. The summed E-state index contributed by atoms with van der Waals surface area (Å²) in [6.07, 6.45) is 5.05. The number of thiocarbonyl (C=S) groups is 1. The molecular weight excluding hydrogens is 244 g/mol. The van der Waals surface area contributed by atoms with Crippen LogP contribution in [0.2, 0.25) is 0 Å². The highest BCUT2D eigenvalue weighted by molar-refractivity contribution is 7.80. The Bertz CT molecular complexity index is 267. The van der Waals surface area contributed by atoms with Gasteiger partial charge in [-0.15, -0.1) is 0 Å². The molecule has 0 rings (SSSR count). The summed E-state index contributed by atoms with van der Waals surface area (Å²) in [6, 6.07) is 0.211. The lowest BCUT2D eigenvalue weighted by molar-refractivity contribution is -0.135. The molecule has 0 saturated heterocycles. The van der Waals surface area contributed by atoms with Crippen molar-refractivity contribution in [2.24, 2.45) is 11.7 Å². The zero-order chi connectivity index (χ0) is 14.1. The van der Waals surface area contributed by atoms with Crippen LogP contribution >= 0.6 is 12.2 Å². The number of nitrogens with two attached hydrogens (primary N) is 1. The van der Waals surface area contributed by atoms with E-state index in [0.29, 0.717) is 4.99 Å². The number of unbranched alkanes of at least 4 members (excludes halogenated alkanes) is 2. The molecule has 3 nitrogen and oxygen atoms in total. The van der Waals surface area contributed by atoms with E-state index >= 15 is 0 Å². The number of rotatable bonds is 9. The van der Waals surface area contributed by atoms with Crippen LogP contribution in [-0.2, 0) is 4.79 Å². The molecular formula is C14H28N2OS. The molecule has 0 spiro atoms. The molecule has 106 valence electrons. The normalized spacial score (nSPS) is 12.5. The molecule has 0 saturated carbocycles. The van der Waals surface area contributed by atoms with E-state index in [0.717, 1.165) is 38.6 Å². The molecule has 0 fully saturated rings. The molecule has 0 aliphatic carbocycles. The Morgan fingerprint density at radius 3 is 2.22 bits per heavy atom. The lowest BCUT2D eigenvalue weighted by Crippen LogP contribution is -2.45. The van der Waals surface area contributed by atoms with Crippen molar-refractivity contribution in [2.45, 2.75) is 65.8 Å². The zero-order valence-electron chi connectivity index (χ0n) is 12.2. The van der Waals surface area contributed by atoms with Crippen molar-refractivity contribution in [1.29, 1.82) is 0 Å². The van der Waals surface area contributed by atoms with Gasteiger partial charge in [0.1, 0.15) is 0 Å². The summed E-state index contributed by atoms with van der Waals surface area (Å²) in [5.74, 6) is -0.176. The molecule has 0 aromatic heterocycles. The van der Waals surface area contributed by atoms with Crippen LogP contribution in [0.5, 0.6) is 0 Å². The molecule has 0 aliphatic rings. The van der Waals surface area contributed by atoms with Crippen molar-refractivity contribution < 1.29 is 4.79 Å². The molecule has 0 heterocycles. The van der Waals surface area contributed by atoms with Crippen LogP contribution in [-0.4, -0.2) is 28.4 Å². The van der Waals surface area contributed by atoms with Gasteiger partial charge in [-0.1, -0.05) is 45.3 Å². The quantitative estimate of drug-likeness (QED) is 0.518. The maximum absolute atomic E-state index is 12.5. The van der Waals surface area contributed by atoms with Crippen LogP contribution in [0.15, 0.2) is 0 Å². The lowest BCUT2D eigenvalue weighted by Gasteiger charge is -2.30. The second kappa shape index (κ2) is 9.31. The molecule has 4 heteroatoms. The van der Waals surface area contributed by atoms with Crippen molar-refractivity contribution in [3.05, 3.63) is 0 Å². The summed E-state index contributed by atoms with van der Waals surface area (Å²) in [5.41, 5.74) is 5.70. The summed E-state index contributed by atoms with van der Waals surface area (Å²) in [4.78, 5) is 14.7. The summed E-state index contributed by atoms with van der Waals surface area (Å²) in [6.45, 7) is 9.12. The van der Waals surface area contributed by atoms with Crippen molar-refractivity contribution in [2.75, 3.05) is 6.54 Å². The summed E-state index contributed by atoms with van der Waals surface area (Å²) in [7, 11) is 0. The van der Waals surface area contributed by atoms with Gasteiger partial charge in [-0.05, 0) is 26.7 Å². The summed E-state index contributed by atoms with van der Waals surface area (Å²) in [5, 5.41) is 0. The first-order chi connectivity index (χ1) is 8.45. The first kappa shape index (κ1) is 17.4. The highest BCUT2D eigenvalue weighted by Gasteiger charge is 2.27. The summed E-state index contributed by atoms with van der Waals surface area (Å²) < 4.78 is 0. The van der Waals surface area contributed by atoms with Crippen LogP contribution in [0.4, 0.5) is 0 Å². The van der Waals surface area contributed by atoms with Gasteiger partial charge in [0.2, 0.25) is 5.91 Å². The maximum atomic E-state index is 12.5. The average Bonchev–Trinajstić information content (AvgIpc) is 2.30. The minimum Gasteiger partial charge on any atom is -0.393 e. The van der Waals surface area contributed by atoms with Gasteiger partial charge in [-0.2, -0.15) is 0 Å². The first-order valence-corrected chi connectivity index (χ1v) is 7.46. The van der Waals surface area contributed by atoms with E-state index in [1.54, 1.807) is 0 Å². The molecule has 1 amide bonds. The zero-order valence-corrected chi connectivity index (χ0v) is 13.1. The molecule has 0 aliphatic heterocycles. The Morgan fingerprint density at radius 2 is 1.83 bits per heavy atom. The van der Waals surface area contributed by atoms with Gasteiger partial charge in [0.15, 0.2) is 0 Å². The SMILES string of the molecule is CCCCCN(C(=O)C(CCC)C(N)=S)C(C)C. The molecule has 0 aromatic carbocycles. The Hall–Kier alpha value is -0.640. The minimum absolute atomic E-state index is 0.107. The van der Waals surface area contributed by atoms with Crippen LogP contribution in [0.1, 0.15) is 59.8 Å². The van der Waals surface area contributed by atoms with Crippen molar-refractivity contribution in [3.63, 3.8) is 0 Å². The third-order valence-corrected chi connectivity index (χ3v) is 3.41. The lowest BCUT2D eigenvalue weighted by atomic mass is 10.0. The van der Waals surface area contributed by atoms with Crippen molar-refractivity contribution >= 4 is 23.1 Å². The Labute approximate surface area is 117 Å². The van der Waals surface area contributed by atoms with Gasteiger partial charge < -0.3 is 10.6 Å². The molecule has 1 atom stereocenters. The highest BCUT2D eigenvalue weighted by atomic mass is 32.1. The molecule has 0 radical (unpaired) electrons. The van der Waals surface area contributed by atoms with Gasteiger partial charge in [0, 0.05) is 12.6 Å². The van der Waals surface area contributed by atoms with Crippen LogP contribution in [0.3, 0.4) is 0 Å². The highest BCUT2D eigenvalue weighted by Crippen LogP contribution is 2.14. The molecule has 1 unspecified atom stereocenters. The van der Waals surface area contributed by atoms with E-state index in [-0.39, 0.29) is 17.9 Å². The van der Waals surface area contributed by atoms with Crippen LogP contribution < -0.4 is 5.73 Å². The number of hydrogen-bond donors (Lipinski definition) is 1. The van der Waals surface area contributed by atoms with E-state index in [9.17, 15) is 4.79 Å². The fraction of sp³-hybridized carbons (Fsp3) is 0.857. The first-order valence-electron chi connectivity index (χ1n) is 7.05. The predicted molar refractivity (Wildman–Crippen MR) is 81.6 cm³/mol. The monoisotopic (exact) mass is 272 g/mol. The van der Waals surface area contributed by atoms with Gasteiger partial charge in [0.05, 0.1) is 10.9 Å². The fourth-order valence-corrected chi connectivity index (χ4v) is 2.25. The van der Waals surface area contributed by atoms with Gasteiger partial charge in [-0.25, -0.2) is 0 Å². The number of carbonyl (C=O) groups is 1. The standard InChI is InChI=1S/C14H28N2OS/c1-5-7-8-10-16(11(3)4)14(17)12(9-6-2)13(15)18/h11-12H,5-10H2,1-4H3,(H2,15,18). The molecule has 18 heavy (non-hydrogen) atoms. The van der Waals surface area contributed by atoms with Crippen LogP contribution in [0, 0.1) is 5.92 Å². The number of amides is 1. The Kier molecular flexibility index (Phi) is 8.98. The largest absolute Gasteiger partial charge is 0.393 e. The second-order valence-corrected chi connectivity index (χ2v) is 5.55. The average molecular weight is 272 g/mol. The van der Waals surface area contributed by atoms with E-state index in [1.165, 1.54) is 0 Å². The topological polar surface area (TPSA) is 46.3 Å². The van der Waals surface area contributed by atoms with E-state index in [4.69, 9.17) is 18.0 Å². The number of nitrogens with zero attached hydrogens (tertiary/aromatic N) is 1. The van der Waals surface area contributed by atoms with Crippen molar-refractivity contribution in [3.8, 4) is 0 Å². The Morgan fingerprint density at radius 1 is 1.22 bits per heavy atom. The minimum atomic E-state index is -0.283.